The number of aromatic nitrogens is 6. The van der Waals surface area contributed by atoms with Crippen LogP contribution in [0.2, 0.25) is 5.02 Å². The third-order valence-corrected chi connectivity index (χ3v) is 4.04. The summed E-state index contributed by atoms with van der Waals surface area (Å²) < 4.78 is 40.3. The van der Waals surface area contributed by atoms with Crippen molar-refractivity contribution in [3.8, 4) is 0 Å². The van der Waals surface area contributed by atoms with Crippen LogP contribution in [-0.4, -0.2) is 48.2 Å². The second-order valence-electron chi connectivity index (χ2n) is 4.32. The molecule has 23 heavy (non-hydrogen) atoms. The van der Waals surface area contributed by atoms with Gasteiger partial charge in [-0.2, -0.15) is 18.3 Å². The molecular weight excluding hydrogens is 359 g/mol. The Bertz CT molecular complexity index is 714. The van der Waals surface area contributed by atoms with Crippen LogP contribution in [0, 0.1) is 0 Å². The molecule has 0 aromatic carbocycles. The van der Waals surface area contributed by atoms with Crippen molar-refractivity contribution in [3.05, 3.63) is 16.4 Å². The summed E-state index contributed by atoms with van der Waals surface area (Å²) in [5, 5.41) is 16.4. The maximum atomic E-state index is 12.7. The van der Waals surface area contributed by atoms with E-state index in [9.17, 15) is 18.0 Å². The first-order chi connectivity index (χ1) is 10.7. The smallest absolute Gasteiger partial charge is 0.350 e. The van der Waals surface area contributed by atoms with Gasteiger partial charge in [-0.25, -0.2) is 4.68 Å². The van der Waals surface area contributed by atoms with Crippen LogP contribution in [0.4, 0.5) is 13.2 Å². The van der Waals surface area contributed by atoms with Crippen LogP contribution in [-0.2, 0) is 20.3 Å². The zero-order chi connectivity index (χ0) is 17.2. The summed E-state index contributed by atoms with van der Waals surface area (Å²) in [6.07, 6.45) is -4.72. The molecule has 0 saturated heterocycles. The van der Waals surface area contributed by atoms with Crippen molar-refractivity contribution in [2.45, 2.75) is 11.3 Å². The SMILES string of the molecule is Cn1nnnc1SCCNC(=O)c1c(Cl)c(C(F)(F)F)nn1C. The zero-order valence-electron chi connectivity index (χ0n) is 11.9. The van der Waals surface area contributed by atoms with Crippen LogP contribution in [0.15, 0.2) is 5.16 Å². The van der Waals surface area contributed by atoms with E-state index < -0.39 is 22.8 Å². The van der Waals surface area contributed by atoms with Crippen LogP contribution in [0.1, 0.15) is 16.2 Å². The quantitative estimate of drug-likeness (QED) is 0.628. The minimum atomic E-state index is -4.72. The largest absolute Gasteiger partial charge is 0.436 e. The van der Waals surface area contributed by atoms with Gasteiger partial charge in [0.2, 0.25) is 5.16 Å². The highest BCUT2D eigenvalue weighted by molar-refractivity contribution is 7.99. The number of rotatable bonds is 5. The lowest BCUT2D eigenvalue weighted by Crippen LogP contribution is -2.28. The van der Waals surface area contributed by atoms with Gasteiger partial charge in [0.25, 0.3) is 5.91 Å². The van der Waals surface area contributed by atoms with Gasteiger partial charge in [-0.1, -0.05) is 23.4 Å². The Hall–Kier alpha value is -1.82. The standard InChI is InChI=1S/C10H11ClF3N7OS/c1-20-6(5(11)7(17-20)10(12,13)14)8(22)15-3-4-23-9-16-18-19-21(9)2/h3-4H2,1-2H3,(H,15,22). The minimum absolute atomic E-state index is 0.194. The van der Waals surface area contributed by atoms with E-state index in [2.05, 4.69) is 25.9 Å². The lowest BCUT2D eigenvalue weighted by Gasteiger charge is -2.05. The van der Waals surface area contributed by atoms with Gasteiger partial charge >= 0.3 is 6.18 Å². The number of hydrogen-bond acceptors (Lipinski definition) is 6. The molecular formula is C10H11ClF3N7OS. The van der Waals surface area contributed by atoms with E-state index in [0.29, 0.717) is 10.9 Å². The predicted molar refractivity (Wildman–Crippen MR) is 75.1 cm³/mol. The number of carbonyl (C=O) groups is 1. The lowest BCUT2D eigenvalue weighted by molar-refractivity contribution is -0.141. The molecule has 0 aliphatic rings. The average molecular weight is 370 g/mol. The van der Waals surface area contributed by atoms with Gasteiger partial charge in [-0.3, -0.25) is 9.48 Å². The van der Waals surface area contributed by atoms with Crippen molar-refractivity contribution in [1.29, 1.82) is 0 Å². The molecule has 0 aliphatic carbocycles. The number of carbonyl (C=O) groups excluding carboxylic acids is 1. The number of amides is 1. The van der Waals surface area contributed by atoms with Crippen LogP contribution in [0.3, 0.4) is 0 Å². The monoisotopic (exact) mass is 369 g/mol. The summed E-state index contributed by atoms with van der Waals surface area (Å²) in [6.45, 7) is 0.194. The summed E-state index contributed by atoms with van der Waals surface area (Å²) in [4.78, 5) is 12.0. The molecule has 1 N–H and O–H groups in total. The Morgan fingerprint density at radius 3 is 2.57 bits per heavy atom. The number of halogens is 4. The molecule has 0 saturated carbocycles. The molecule has 0 bridgehead atoms. The van der Waals surface area contributed by atoms with E-state index in [1.54, 1.807) is 7.05 Å². The fourth-order valence-corrected chi connectivity index (χ4v) is 2.72. The van der Waals surface area contributed by atoms with Crippen molar-refractivity contribution in [1.82, 2.24) is 35.3 Å². The highest BCUT2D eigenvalue weighted by Crippen LogP contribution is 2.35. The van der Waals surface area contributed by atoms with Gasteiger partial charge in [0.1, 0.15) is 10.7 Å². The molecule has 2 aromatic rings. The van der Waals surface area contributed by atoms with Gasteiger partial charge in [0.05, 0.1) is 0 Å². The molecule has 0 atom stereocenters. The molecule has 0 aliphatic heterocycles. The van der Waals surface area contributed by atoms with E-state index in [4.69, 9.17) is 11.6 Å². The molecule has 126 valence electrons. The number of nitrogens with one attached hydrogen (secondary N) is 1. The molecule has 2 heterocycles. The maximum Gasteiger partial charge on any atom is 0.436 e. The van der Waals surface area contributed by atoms with E-state index in [-0.39, 0.29) is 12.2 Å². The molecule has 0 fully saturated rings. The Balaban J connectivity index is 1.96. The first-order valence-electron chi connectivity index (χ1n) is 6.15. The molecule has 1 amide bonds. The summed E-state index contributed by atoms with van der Waals surface area (Å²) in [5.74, 6) is -0.307. The Morgan fingerprint density at radius 1 is 1.35 bits per heavy atom. The van der Waals surface area contributed by atoms with Crippen LogP contribution < -0.4 is 5.32 Å². The second-order valence-corrected chi connectivity index (χ2v) is 5.76. The normalized spacial score (nSPS) is 11.7. The Labute approximate surface area is 137 Å². The first kappa shape index (κ1) is 17.5. The predicted octanol–water partition coefficient (Wildman–Crippen LogP) is 1.14. The number of alkyl halides is 3. The van der Waals surface area contributed by atoms with E-state index in [1.807, 2.05) is 0 Å². The van der Waals surface area contributed by atoms with Gasteiger partial charge in [-0.05, 0) is 10.4 Å². The van der Waals surface area contributed by atoms with Crippen molar-refractivity contribution in [3.63, 3.8) is 0 Å². The van der Waals surface area contributed by atoms with Gasteiger partial charge < -0.3 is 5.32 Å². The molecule has 2 aromatic heterocycles. The third kappa shape index (κ3) is 3.93. The third-order valence-electron chi connectivity index (χ3n) is 2.67. The van der Waals surface area contributed by atoms with E-state index in [0.717, 1.165) is 4.68 Å². The van der Waals surface area contributed by atoms with Crippen LogP contribution in [0.5, 0.6) is 0 Å². The van der Waals surface area contributed by atoms with Crippen molar-refractivity contribution in [2.75, 3.05) is 12.3 Å². The summed E-state index contributed by atoms with van der Waals surface area (Å²) >= 11 is 6.91. The first-order valence-corrected chi connectivity index (χ1v) is 7.51. The van der Waals surface area contributed by atoms with E-state index >= 15 is 0 Å². The zero-order valence-corrected chi connectivity index (χ0v) is 13.5. The molecule has 0 spiro atoms. The Kier molecular flexibility index (Phi) is 5.14. The maximum absolute atomic E-state index is 12.7. The molecule has 2 rings (SSSR count). The van der Waals surface area contributed by atoms with Gasteiger partial charge in [0, 0.05) is 26.4 Å². The molecule has 0 unspecified atom stereocenters. The fourth-order valence-electron chi connectivity index (χ4n) is 1.66. The number of aryl methyl sites for hydroxylation is 2. The topological polar surface area (TPSA) is 90.5 Å². The second kappa shape index (κ2) is 6.74. The van der Waals surface area contributed by atoms with Crippen molar-refractivity contribution >= 4 is 29.3 Å². The van der Waals surface area contributed by atoms with Crippen LogP contribution >= 0.6 is 23.4 Å². The number of thioether (sulfide) groups is 1. The molecule has 13 heteroatoms. The highest BCUT2D eigenvalue weighted by atomic mass is 35.5. The lowest BCUT2D eigenvalue weighted by atomic mass is 10.3. The minimum Gasteiger partial charge on any atom is -0.350 e. The molecule has 8 nitrogen and oxygen atoms in total. The van der Waals surface area contributed by atoms with E-state index in [1.165, 1.54) is 23.5 Å². The van der Waals surface area contributed by atoms with Crippen molar-refractivity contribution < 1.29 is 18.0 Å². The summed E-state index contributed by atoms with van der Waals surface area (Å²) in [6, 6.07) is 0. The van der Waals surface area contributed by atoms with Crippen LogP contribution in [0.25, 0.3) is 0 Å². The van der Waals surface area contributed by atoms with Gasteiger partial charge in [0.15, 0.2) is 5.69 Å². The Morgan fingerprint density at radius 2 is 2.04 bits per heavy atom. The highest BCUT2D eigenvalue weighted by Gasteiger charge is 2.39. The van der Waals surface area contributed by atoms with Crippen molar-refractivity contribution in [2.24, 2.45) is 14.1 Å². The number of nitrogens with zero attached hydrogens (tertiary/aromatic N) is 6. The average Bonchev–Trinajstić information content (AvgIpc) is 2.98. The number of hydrogen-bond donors (Lipinski definition) is 1. The number of tetrazole rings is 1. The molecule has 0 radical (unpaired) electrons. The summed E-state index contributed by atoms with van der Waals surface area (Å²) in [5.41, 5.74) is -1.63. The summed E-state index contributed by atoms with van der Waals surface area (Å²) in [7, 11) is 2.88. The van der Waals surface area contributed by atoms with Gasteiger partial charge in [-0.15, -0.1) is 5.10 Å². The fraction of sp³-hybridized carbons (Fsp3) is 0.500.